The number of hydrogen-bond donors (Lipinski definition) is 2. The number of likely N-dealkylation sites (tertiary alicyclic amines) is 1. The van der Waals surface area contributed by atoms with Crippen LogP contribution in [-0.2, 0) is 6.54 Å². The molecule has 1 fully saturated rings. The van der Waals surface area contributed by atoms with Crippen molar-refractivity contribution in [1.29, 1.82) is 0 Å². The summed E-state index contributed by atoms with van der Waals surface area (Å²) in [6, 6.07) is 5.56. The van der Waals surface area contributed by atoms with Gasteiger partial charge in [-0.1, -0.05) is 23.2 Å². The molecule has 0 saturated carbocycles. The third-order valence-corrected chi connectivity index (χ3v) is 4.54. The molecule has 0 aromatic heterocycles. The SMILES string of the molecule is O=C(O)NCCC1CCN(Cc2cc(Cl)ccc2Cl)CC1. The van der Waals surface area contributed by atoms with Crippen LogP contribution in [0, 0.1) is 5.92 Å². The Morgan fingerprint density at radius 2 is 2.05 bits per heavy atom. The van der Waals surface area contributed by atoms with Crippen LogP contribution >= 0.6 is 23.2 Å². The van der Waals surface area contributed by atoms with Gasteiger partial charge in [0.15, 0.2) is 0 Å². The maximum atomic E-state index is 10.4. The maximum Gasteiger partial charge on any atom is 0.404 e. The minimum absolute atomic E-state index is 0.542. The van der Waals surface area contributed by atoms with E-state index in [1.807, 2.05) is 12.1 Å². The van der Waals surface area contributed by atoms with E-state index in [0.29, 0.717) is 17.5 Å². The van der Waals surface area contributed by atoms with Gasteiger partial charge in [0.05, 0.1) is 0 Å². The number of carbonyl (C=O) groups is 1. The predicted molar refractivity (Wildman–Crippen MR) is 85.1 cm³/mol. The van der Waals surface area contributed by atoms with Gasteiger partial charge in [-0.3, -0.25) is 4.90 Å². The van der Waals surface area contributed by atoms with Gasteiger partial charge in [0.25, 0.3) is 0 Å². The second-order valence-electron chi connectivity index (χ2n) is 5.48. The second-order valence-corrected chi connectivity index (χ2v) is 6.32. The Kier molecular flexibility index (Phi) is 6.15. The van der Waals surface area contributed by atoms with Gasteiger partial charge < -0.3 is 10.4 Å². The Balaban J connectivity index is 1.76. The summed E-state index contributed by atoms with van der Waals surface area (Å²) in [5, 5.41) is 12.5. The van der Waals surface area contributed by atoms with Crippen LogP contribution in [0.4, 0.5) is 4.79 Å². The molecule has 0 unspecified atom stereocenters. The molecule has 0 aliphatic carbocycles. The van der Waals surface area contributed by atoms with Gasteiger partial charge in [-0.05, 0) is 62.0 Å². The standard InChI is InChI=1S/C15H20Cl2N2O2/c16-13-1-2-14(17)12(9-13)10-19-7-4-11(5-8-19)3-6-18-15(20)21/h1-2,9,11,18H,3-8,10H2,(H,20,21). The van der Waals surface area contributed by atoms with Gasteiger partial charge in [-0.2, -0.15) is 0 Å². The smallest absolute Gasteiger partial charge is 0.404 e. The van der Waals surface area contributed by atoms with Crippen molar-refractivity contribution < 1.29 is 9.90 Å². The zero-order valence-electron chi connectivity index (χ0n) is 11.8. The van der Waals surface area contributed by atoms with Crippen molar-refractivity contribution in [2.75, 3.05) is 19.6 Å². The molecule has 1 aromatic carbocycles. The monoisotopic (exact) mass is 330 g/mol. The lowest BCUT2D eigenvalue weighted by Crippen LogP contribution is -2.34. The van der Waals surface area contributed by atoms with Crippen LogP contribution in [-0.4, -0.2) is 35.7 Å². The summed E-state index contributed by atoms with van der Waals surface area (Å²) in [4.78, 5) is 12.8. The normalized spacial score (nSPS) is 16.9. The van der Waals surface area contributed by atoms with Crippen LogP contribution in [0.25, 0.3) is 0 Å². The maximum absolute atomic E-state index is 10.4. The highest BCUT2D eigenvalue weighted by molar-refractivity contribution is 6.33. The third kappa shape index (κ3) is 5.38. The molecule has 1 aliphatic heterocycles. The summed E-state index contributed by atoms with van der Waals surface area (Å²) >= 11 is 12.2. The van der Waals surface area contributed by atoms with Crippen LogP contribution < -0.4 is 5.32 Å². The second kappa shape index (κ2) is 7.87. The fourth-order valence-corrected chi connectivity index (χ4v) is 3.09. The number of rotatable bonds is 5. The fourth-order valence-electron chi connectivity index (χ4n) is 2.72. The number of piperidine rings is 1. The first kappa shape index (κ1) is 16.4. The van der Waals surface area contributed by atoms with Crippen molar-refractivity contribution >= 4 is 29.3 Å². The minimum Gasteiger partial charge on any atom is -0.465 e. The Morgan fingerprint density at radius 1 is 1.33 bits per heavy atom. The number of nitrogens with one attached hydrogen (secondary N) is 1. The van der Waals surface area contributed by atoms with E-state index in [-0.39, 0.29) is 0 Å². The molecule has 0 spiro atoms. The quantitative estimate of drug-likeness (QED) is 0.861. The molecule has 2 rings (SSSR count). The number of halogens is 2. The van der Waals surface area contributed by atoms with Crippen molar-refractivity contribution in [2.24, 2.45) is 5.92 Å². The lowest BCUT2D eigenvalue weighted by molar-refractivity contribution is 0.169. The Hall–Kier alpha value is -0.970. The van der Waals surface area contributed by atoms with E-state index in [2.05, 4.69) is 10.2 Å². The largest absolute Gasteiger partial charge is 0.465 e. The molecule has 6 heteroatoms. The first-order valence-corrected chi connectivity index (χ1v) is 7.93. The highest BCUT2D eigenvalue weighted by Crippen LogP contribution is 2.25. The molecule has 1 aliphatic rings. The van der Waals surface area contributed by atoms with E-state index in [4.69, 9.17) is 28.3 Å². The average molecular weight is 331 g/mol. The summed E-state index contributed by atoms with van der Waals surface area (Å²) in [6.45, 7) is 3.39. The van der Waals surface area contributed by atoms with Gasteiger partial charge in [-0.25, -0.2) is 4.79 Å². The fraction of sp³-hybridized carbons (Fsp3) is 0.533. The van der Waals surface area contributed by atoms with E-state index < -0.39 is 6.09 Å². The Morgan fingerprint density at radius 3 is 2.71 bits per heavy atom. The summed E-state index contributed by atoms with van der Waals surface area (Å²) in [5.74, 6) is 0.600. The van der Waals surface area contributed by atoms with E-state index in [0.717, 1.165) is 49.5 Å². The van der Waals surface area contributed by atoms with Gasteiger partial charge in [0.2, 0.25) is 0 Å². The minimum atomic E-state index is -0.942. The summed E-state index contributed by atoms with van der Waals surface area (Å²) in [6.07, 6.45) is 2.17. The molecule has 116 valence electrons. The van der Waals surface area contributed by atoms with E-state index in [9.17, 15) is 4.79 Å². The molecule has 1 saturated heterocycles. The van der Waals surface area contributed by atoms with Gasteiger partial charge >= 0.3 is 6.09 Å². The third-order valence-electron chi connectivity index (χ3n) is 3.94. The zero-order chi connectivity index (χ0) is 15.2. The topological polar surface area (TPSA) is 52.6 Å². The zero-order valence-corrected chi connectivity index (χ0v) is 13.3. The van der Waals surface area contributed by atoms with Crippen LogP contribution in [0.1, 0.15) is 24.8 Å². The highest BCUT2D eigenvalue weighted by atomic mass is 35.5. The molecule has 1 aromatic rings. The van der Waals surface area contributed by atoms with Gasteiger partial charge in [0, 0.05) is 23.1 Å². The predicted octanol–water partition coefficient (Wildman–Crippen LogP) is 3.86. The van der Waals surface area contributed by atoms with E-state index in [1.54, 1.807) is 6.07 Å². The number of hydrogen-bond acceptors (Lipinski definition) is 2. The first-order chi connectivity index (χ1) is 10.0. The summed E-state index contributed by atoms with van der Waals surface area (Å²) in [5.41, 5.74) is 1.06. The lowest BCUT2D eigenvalue weighted by atomic mass is 9.93. The number of carboxylic acid groups (broad SMARTS) is 1. The molecule has 0 radical (unpaired) electrons. The summed E-state index contributed by atoms with van der Waals surface area (Å²) in [7, 11) is 0. The first-order valence-electron chi connectivity index (χ1n) is 7.17. The molecule has 21 heavy (non-hydrogen) atoms. The Labute approximate surface area is 135 Å². The molecular formula is C15H20Cl2N2O2. The average Bonchev–Trinajstić information content (AvgIpc) is 2.44. The highest BCUT2D eigenvalue weighted by Gasteiger charge is 2.19. The van der Waals surface area contributed by atoms with E-state index in [1.165, 1.54) is 0 Å². The Bertz CT molecular complexity index is 489. The van der Waals surface area contributed by atoms with Crippen molar-refractivity contribution in [3.05, 3.63) is 33.8 Å². The van der Waals surface area contributed by atoms with Gasteiger partial charge in [-0.15, -0.1) is 0 Å². The van der Waals surface area contributed by atoms with Crippen molar-refractivity contribution in [1.82, 2.24) is 10.2 Å². The summed E-state index contributed by atoms with van der Waals surface area (Å²) < 4.78 is 0. The molecule has 0 atom stereocenters. The molecule has 1 heterocycles. The number of benzene rings is 1. The lowest BCUT2D eigenvalue weighted by Gasteiger charge is -2.32. The van der Waals surface area contributed by atoms with Crippen LogP contribution in [0.2, 0.25) is 10.0 Å². The molecule has 4 nitrogen and oxygen atoms in total. The van der Waals surface area contributed by atoms with Crippen molar-refractivity contribution in [3.8, 4) is 0 Å². The van der Waals surface area contributed by atoms with Gasteiger partial charge in [0.1, 0.15) is 0 Å². The molecule has 1 amide bonds. The van der Waals surface area contributed by atoms with Crippen LogP contribution in [0.5, 0.6) is 0 Å². The molecule has 0 bridgehead atoms. The number of amides is 1. The molecule has 2 N–H and O–H groups in total. The van der Waals surface area contributed by atoms with E-state index >= 15 is 0 Å². The van der Waals surface area contributed by atoms with Crippen LogP contribution in [0.15, 0.2) is 18.2 Å². The van der Waals surface area contributed by atoms with Crippen LogP contribution in [0.3, 0.4) is 0 Å². The van der Waals surface area contributed by atoms with Crippen molar-refractivity contribution in [3.63, 3.8) is 0 Å². The van der Waals surface area contributed by atoms with Crippen molar-refractivity contribution in [2.45, 2.75) is 25.8 Å². The number of nitrogens with zero attached hydrogens (tertiary/aromatic N) is 1. The molecular weight excluding hydrogens is 311 g/mol.